The quantitative estimate of drug-likeness (QED) is 0.893. The molecule has 0 radical (unpaired) electrons. The molecule has 0 bridgehead atoms. The number of rotatable bonds is 2. The highest BCUT2D eigenvalue weighted by Crippen LogP contribution is 2.40. The molecule has 1 N–H and O–H groups in total. The number of likely N-dealkylation sites (tertiary alicyclic amines) is 2. The van der Waals surface area contributed by atoms with E-state index in [1.165, 1.54) is 12.1 Å². The van der Waals surface area contributed by atoms with Gasteiger partial charge in [-0.25, -0.2) is 14.0 Å². The second-order valence-electron chi connectivity index (χ2n) is 7.98. The van der Waals surface area contributed by atoms with E-state index in [0.29, 0.717) is 32.7 Å². The Kier molecular flexibility index (Phi) is 4.34. The summed E-state index contributed by atoms with van der Waals surface area (Å²) in [7, 11) is 0. The number of nitrogens with zero attached hydrogens (tertiary/aromatic N) is 2. The predicted octanol–water partition coefficient (Wildman–Crippen LogP) is 2.59. The Morgan fingerprint density at radius 1 is 1.12 bits per heavy atom. The van der Waals surface area contributed by atoms with Crippen LogP contribution in [0.3, 0.4) is 0 Å². The number of nitrogens with one attached hydrogen (secondary N) is 1. The van der Waals surface area contributed by atoms with Crippen LogP contribution in [0.4, 0.5) is 14.0 Å². The van der Waals surface area contributed by atoms with Crippen molar-refractivity contribution in [3.63, 3.8) is 0 Å². The van der Waals surface area contributed by atoms with Gasteiger partial charge in [0.2, 0.25) is 0 Å². The number of amides is 3. The minimum atomic E-state index is -0.494. The number of halogens is 1. The van der Waals surface area contributed by atoms with Crippen molar-refractivity contribution in [2.45, 2.75) is 32.9 Å². The molecule has 0 aromatic heterocycles. The largest absolute Gasteiger partial charge is 0.444 e. The van der Waals surface area contributed by atoms with Crippen molar-refractivity contribution in [3.8, 4) is 0 Å². The Morgan fingerprint density at radius 2 is 1.68 bits per heavy atom. The topological polar surface area (TPSA) is 61.9 Å². The molecule has 2 saturated heterocycles. The predicted molar refractivity (Wildman–Crippen MR) is 90.4 cm³/mol. The fourth-order valence-corrected chi connectivity index (χ4v) is 3.22. The van der Waals surface area contributed by atoms with Crippen molar-refractivity contribution in [2.75, 3.05) is 26.2 Å². The van der Waals surface area contributed by atoms with E-state index in [-0.39, 0.29) is 23.4 Å². The van der Waals surface area contributed by atoms with Crippen molar-refractivity contribution in [3.05, 3.63) is 35.6 Å². The van der Waals surface area contributed by atoms with Crippen LogP contribution in [0, 0.1) is 11.2 Å². The lowest BCUT2D eigenvalue weighted by atomic mass is 9.73. The second-order valence-corrected chi connectivity index (χ2v) is 7.98. The molecule has 2 fully saturated rings. The molecule has 6 nitrogen and oxygen atoms in total. The average Bonchev–Trinajstić information content (AvgIpc) is 2.41. The number of ether oxygens (including phenoxy) is 1. The van der Waals surface area contributed by atoms with Gasteiger partial charge in [0.05, 0.1) is 0 Å². The molecule has 1 aromatic rings. The van der Waals surface area contributed by atoms with Gasteiger partial charge < -0.3 is 19.9 Å². The van der Waals surface area contributed by atoms with E-state index >= 15 is 0 Å². The molecular formula is C18H24FN3O3. The van der Waals surface area contributed by atoms with E-state index in [0.717, 1.165) is 5.56 Å². The van der Waals surface area contributed by atoms with E-state index in [9.17, 15) is 14.0 Å². The van der Waals surface area contributed by atoms with Crippen LogP contribution < -0.4 is 5.32 Å². The third kappa shape index (κ3) is 4.03. The van der Waals surface area contributed by atoms with Gasteiger partial charge in [-0.3, -0.25) is 0 Å². The number of carbonyl (C=O) groups excluding carboxylic acids is 2. The average molecular weight is 349 g/mol. The highest BCUT2D eigenvalue weighted by molar-refractivity contribution is 5.76. The third-order valence-electron chi connectivity index (χ3n) is 4.40. The Hall–Kier alpha value is -2.31. The van der Waals surface area contributed by atoms with Crippen molar-refractivity contribution in [1.29, 1.82) is 0 Å². The molecule has 25 heavy (non-hydrogen) atoms. The summed E-state index contributed by atoms with van der Waals surface area (Å²) in [6, 6.07) is 5.92. The van der Waals surface area contributed by atoms with Gasteiger partial charge in [0.25, 0.3) is 0 Å². The fourth-order valence-electron chi connectivity index (χ4n) is 3.22. The highest BCUT2D eigenvalue weighted by atomic mass is 19.1. The van der Waals surface area contributed by atoms with Crippen LogP contribution in [-0.4, -0.2) is 53.7 Å². The lowest BCUT2D eigenvalue weighted by molar-refractivity contribution is -0.0951. The SMILES string of the molecule is CC(C)(C)OC(=O)N1CC2(CN(C(=O)NCc3ccc(F)cc3)C2)C1. The van der Waals surface area contributed by atoms with E-state index in [1.807, 2.05) is 20.8 Å². The molecule has 2 heterocycles. The van der Waals surface area contributed by atoms with Crippen molar-refractivity contribution < 1.29 is 18.7 Å². The maximum absolute atomic E-state index is 12.9. The van der Waals surface area contributed by atoms with Crippen LogP contribution in [-0.2, 0) is 11.3 Å². The van der Waals surface area contributed by atoms with Crippen LogP contribution in [0.15, 0.2) is 24.3 Å². The van der Waals surface area contributed by atoms with Crippen molar-refractivity contribution in [2.24, 2.45) is 5.41 Å². The molecule has 2 aliphatic rings. The first kappa shape index (κ1) is 17.5. The van der Waals surface area contributed by atoms with E-state index in [4.69, 9.17) is 4.74 Å². The number of hydrogen-bond acceptors (Lipinski definition) is 3. The minimum absolute atomic E-state index is 0.0180. The molecule has 1 spiro atoms. The molecule has 0 aliphatic carbocycles. The van der Waals surface area contributed by atoms with Gasteiger partial charge >= 0.3 is 12.1 Å². The summed E-state index contributed by atoms with van der Waals surface area (Å²) >= 11 is 0. The summed E-state index contributed by atoms with van der Waals surface area (Å²) in [4.78, 5) is 27.5. The summed E-state index contributed by atoms with van der Waals surface area (Å²) in [5, 5.41) is 2.83. The molecule has 3 rings (SSSR count). The van der Waals surface area contributed by atoms with E-state index < -0.39 is 5.60 Å². The molecule has 136 valence electrons. The summed E-state index contributed by atoms with van der Waals surface area (Å²) in [6.07, 6.45) is -0.294. The summed E-state index contributed by atoms with van der Waals surface area (Å²) in [5.74, 6) is -0.292. The van der Waals surface area contributed by atoms with Crippen LogP contribution >= 0.6 is 0 Å². The molecule has 0 saturated carbocycles. The standard InChI is InChI=1S/C18H24FN3O3/c1-17(2,3)25-16(24)22-11-18(12-22)9-21(10-18)15(23)20-8-13-4-6-14(19)7-5-13/h4-7H,8-12H2,1-3H3,(H,20,23). The number of benzene rings is 1. The fraction of sp³-hybridized carbons (Fsp3) is 0.556. The van der Waals surface area contributed by atoms with Crippen LogP contribution in [0.2, 0.25) is 0 Å². The van der Waals surface area contributed by atoms with Crippen LogP contribution in [0.1, 0.15) is 26.3 Å². The molecule has 0 unspecified atom stereocenters. The zero-order valence-electron chi connectivity index (χ0n) is 14.8. The van der Waals surface area contributed by atoms with Crippen LogP contribution in [0.25, 0.3) is 0 Å². The zero-order chi connectivity index (χ0) is 18.2. The molecular weight excluding hydrogens is 325 g/mol. The molecule has 2 aliphatic heterocycles. The highest BCUT2D eigenvalue weighted by Gasteiger charge is 2.55. The van der Waals surface area contributed by atoms with Crippen molar-refractivity contribution >= 4 is 12.1 Å². The molecule has 7 heteroatoms. The first-order valence-corrected chi connectivity index (χ1v) is 8.41. The first-order valence-electron chi connectivity index (χ1n) is 8.41. The zero-order valence-corrected chi connectivity index (χ0v) is 14.8. The Bertz CT molecular complexity index is 655. The monoisotopic (exact) mass is 349 g/mol. The molecule has 0 atom stereocenters. The Balaban J connectivity index is 1.39. The number of carbonyl (C=O) groups is 2. The first-order chi connectivity index (χ1) is 11.7. The second kappa shape index (κ2) is 6.20. The lowest BCUT2D eigenvalue weighted by Crippen LogP contribution is -2.74. The van der Waals surface area contributed by atoms with E-state index in [2.05, 4.69) is 5.32 Å². The van der Waals surface area contributed by atoms with Gasteiger partial charge in [0.15, 0.2) is 0 Å². The smallest absolute Gasteiger partial charge is 0.410 e. The van der Waals surface area contributed by atoms with Gasteiger partial charge in [-0.2, -0.15) is 0 Å². The Morgan fingerprint density at radius 3 is 2.24 bits per heavy atom. The number of hydrogen-bond donors (Lipinski definition) is 1. The molecule has 3 amide bonds. The van der Waals surface area contributed by atoms with Gasteiger partial charge in [0, 0.05) is 38.1 Å². The lowest BCUT2D eigenvalue weighted by Gasteiger charge is -2.59. The van der Waals surface area contributed by atoms with E-state index in [1.54, 1.807) is 21.9 Å². The minimum Gasteiger partial charge on any atom is -0.444 e. The molecule has 1 aromatic carbocycles. The number of urea groups is 1. The normalized spacial score (nSPS) is 18.4. The van der Waals surface area contributed by atoms with Crippen molar-refractivity contribution in [1.82, 2.24) is 15.1 Å². The summed E-state index contributed by atoms with van der Waals surface area (Å²) < 4.78 is 18.2. The summed E-state index contributed by atoms with van der Waals surface area (Å²) in [6.45, 7) is 8.44. The Labute approximate surface area is 146 Å². The maximum Gasteiger partial charge on any atom is 0.410 e. The van der Waals surface area contributed by atoms with Gasteiger partial charge in [0.1, 0.15) is 11.4 Å². The van der Waals surface area contributed by atoms with Crippen LogP contribution in [0.5, 0.6) is 0 Å². The summed E-state index contributed by atoms with van der Waals surface area (Å²) in [5.41, 5.74) is 0.375. The maximum atomic E-state index is 12.9. The van der Waals surface area contributed by atoms with Gasteiger partial charge in [-0.15, -0.1) is 0 Å². The van der Waals surface area contributed by atoms with Gasteiger partial charge in [-0.05, 0) is 38.5 Å². The third-order valence-corrected chi connectivity index (χ3v) is 4.40. The van der Waals surface area contributed by atoms with Gasteiger partial charge in [-0.1, -0.05) is 12.1 Å².